The SMILES string of the molecule is CN(C)CCNC(=O)c1ccc(C(=O)Nc2ccc(F)c(F)c2)cc1. The van der Waals surface area contributed by atoms with Crippen LogP contribution in [0.2, 0.25) is 0 Å². The Morgan fingerprint density at radius 3 is 2.08 bits per heavy atom. The molecular weight excluding hydrogens is 328 g/mol. The summed E-state index contributed by atoms with van der Waals surface area (Å²) in [7, 11) is 3.82. The molecule has 0 unspecified atom stereocenters. The van der Waals surface area contributed by atoms with Crippen molar-refractivity contribution in [2.75, 3.05) is 32.5 Å². The van der Waals surface area contributed by atoms with Crippen LogP contribution in [0.5, 0.6) is 0 Å². The van der Waals surface area contributed by atoms with E-state index in [1.54, 1.807) is 0 Å². The molecule has 0 aliphatic carbocycles. The normalized spacial score (nSPS) is 10.6. The molecule has 2 rings (SSSR count). The van der Waals surface area contributed by atoms with E-state index in [0.717, 1.165) is 18.7 Å². The highest BCUT2D eigenvalue weighted by Gasteiger charge is 2.10. The van der Waals surface area contributed by atoms with E-state index in [2.05, 4.69) is 10.6 Å². The Morgan fingerprint density at radius 2 is 1.52 bits per heavy atom. The molecule has 0 atom stereocenters. The summed E-state index contributed by atoms with van der Waals surface area (Å²) in [6, 6.07) is 9.16. The van der Waals surface area contributed by atoms with Gasteiger partial charge in [0, 0.05) is 36.0 Å². The summed E-state index contributed by atoms with van der Waals surface area (Å²) >= 11 is 0. The highest BCUT2D eigenvalue weighted by molar-refractivity contribution is 6.05. The number of rotatable bonds is 6. The Bertz CT molecular complexity index is 761. The van der Waals surface area contributed by atoms with Gasteiger partial charge in [0.1, 0.15) is 0 Å². The first-order chi connectivity index (χ1) is 11.9. The third-order valence-electron chi connectivity index (χ3n) is 3.43. The van der Waals surface area contributed by atoms with Crippen molar-refractivity contribution in [1.82, 2.24) is 10.2 Å². The number of carbonyl (C=O) groups excluding carboxylic acids is 2. The molecule has 0 aliphatic rings. The van der Waals surface area contributed by atoms with Gasteiger partial charge in [-0.3, -0.25) is 9.59 Å². The van der Waals surface area contributed by atoms with E-state index in [1.165, 1.54) is 30.3 Å². The lowest BCUT2D eigenvalue weighted by atomic mass is 10.1. The Labute approximate surface area is 144 Å². The maximum Gasteiger partial charge on any atom is 0.255 e. The highest BCUT2D eigenvalue weighted by Crippen LogP contribution is 2.14. The van der Waals surface area contributed by atoms with Gasteiger partial charge in [-0.15, -0.1) is 0 Å². The smallest absolute Gasteiger partial charge is 0.255 e. The van der Waals surface area contributed by atoms with Gasteiger partial charge in [0.15, 0.2) is 11.6 Å². The van der Waals surface area contributed by atoms with E-state index >= 15 is 0 Å². The van der Waals surface area contributed by atoms with Crippen LogP contribution in [0, 0.1) is 11.6 Å². The van der Waals surface area contributed by atoms with Crippen LogP contribution >= 0.6 is 0 Å². The maximum atomic E-state index is 13.2. The molecule has 132 valence electrons. The predicted octanol–water partition coefficient (Wildman–Crippen LogP) is 2.51. The molecule has 0 heterocycles. The van der Waals surface area contributed by atoms with Crippen molar-refractivity contribution in [3.05, 3.63) is 65.2 Å². The molecule has 0 bridgehead atoms. The Hall–Kier alpha value is -2.80. The molecule has 0 aliphatic heterocycles. The maximum absolute atomic E-state index is 13.2. The van der Waals surface area contributed by atoms with Crippen LogP contribution in [0.15, 0.2) is 42.5 Å². The fourth-order valence-electron chi connectivity index (χ4n) is 2.05. The van der Waals surface area contributed by atoms with E-state index in [-0.39, 0.29) is 11.6 Å². The van der Waals surface area contributed by atoms with Gasteiger partial charge in [0.25, 0.3) is 11.8 Å². The van der Waals surface area contributed by atoms with Crippen molar-refractivity contribution in [2.45, 2.75) is 0 Å². The van der Waals surface area contributed by atoms with E-state index < -0.39 is 17.5 Å². The summed E-state index contributed by atoms with van der Waals surface area (Å²) in [5, 5.41) is 5.24. The molecular formula is C18H19F2N3O2. The van der Waals surface area contributed by atoms with Gasteiger partial charge >= 0.3 is 0 Å². The Morgan fingerprint density at radius 1 is 0.920 bits per heavy atom. The molecule has 0 saturated carbocycles. The van der Waals surface area contributed by atoms with E-state index in [9.17, 15) is 18.4 Å². The highest BCUT2D eigenvalue weighted by atomic mass is 19.2. The van der Waals surface area contributed by atoms with Gasteiger partial charge < -0.3 is 15.5 Å². The second-order valence-electron chi connectivity index (χ2n) is 5.72. The molecule has 0 radical (unpaired) electrons. The number of likely N-dealkylation sites (N-methyl/N-ethyl adjacent to an activating group) is 1. The lowest BCUT2D eigenvalue weighted by Crippen LogP contribution is -2.31. The molecule has 2 aromatic carbocycles. The van der Waals surface area contributed by atoms with Gasteiger partial charge in [-0.1, -0.05) is 0 Å². The lowest BCUT2D eigenvalue weighted by molar-refractivity contribution is 0.0949. The number of halogens is 2. The van der Waals surface area contributed by atoms with Crippen LogP contribution in [0.25, 0.3) is 0 Å². The minimum atomic E-state index is -1.04. The second-order valence-corrected chi connectivity index (χ2v) is 5.72. The van der Waals surface area contributed by atoms with Crippen LogP contribution in [-0.2, 0) is 0 Å². The van der Waals surface area contributed by atoms with Crippen molar-refractivity contribution in [3.8, 4) is 0 Å². The molecule has 0 spiro atoms. The van der Waals surface area contributed by atoms with Crippen molar-refractivity contribution in [2.24, 2.45) is 0 Å². The zero-order chi connectivity index (χ0) is 18.4. The summed E-state index contributed by atoms with van der Waals surface area (Å²) in [4.78, 5) is 26.0. The number of benzene rings is 2. The van der Waals surface area contributed by atoms with Gasteiger partial charge in [-0.2, -0.15) is 0 Å². The second kappa shape index (κ2) is 8.34. The summed E-state index contributed by atoms with van der Waals surface area (Å²) in [6.45, 7) is 1.24. The molecule has 0 saturated heterocycles. The number of nitrogens with zero attached hydrogens (tertiary/aromatic N) is 1. The minimum Gasteiger partial charge on any atom is -0.351 e. The minimum absolute atomic E-state index is 0.148. The van der Waals surface area contributed by atoms with E-state index in [4.69, 9.17) is 0 Å². The third-order valence-corrected chi connectivity index (χ3v) is 3.43. The fraction of sp³-hybridized carbons (Fsp3) is 0.222. The summed E-state index contributed by atoms with van der Waals surface area (Å²) < 4.78 is 26.0. The average Bonchev–Trinajstić information content (AvgIpc) is 2.58. The number of anilines is 1. The van der Waals surface area contributed by atoms with Crippen molar-refractivity contribution >= 4 is 17.5 Å². The quantitative estimate of drug-likeness (QED) is 0.844. The van der Waals surface area contributed by atoms with E-state index in [0.29, 0.717) is 17.7 Å². The van der Waals surface area contributed by atoms with Gasteiger partial charge in [0.05, 0.1) is 0 Å². The molecule has 2 aromatic rings. The van der Waals surface area contributed by atoms with Crippen molar-refractivity contribution in [1.29, 1.82) is 0 Å². The standard InChI is InChI=1S/C18H19F2N3O2/c1-23(2)10-9-21-17(24)12-3-5-13(6-4-12)18(25)22-14-7-8-15(19)16(20)11-14/h3-8,11H,9-10H2,1-2H3,(H,21,24)(H,22,25). The van der Waals surface area contributed by atoms with Crippen LogP contribution in [0.4, 0.5) is 14.5 Å². The van der Waals surface area contributed by atoms with E-state index in [1.807, 2.05) is 19.0 Å². The molecule has 2 N–H and O–H groups in total. The van der Waals surface area contributed by atoms with Gasteiger partial charge in [-0.25, -0.2) is 8.78 Å². The molecule has 25 heavy (non-hydrogen) atoms. The number of nitrogens with one attached hydrogen (secondary N) is 2. The van der Waals surface area contributed by atoms with Crippen molar-refractivity contribution in [3.63, 3.8) is 0 Å². The number of hydrogen-bond donors (Lipinski definition) is 2. The fourth-order valence-corrected chi connectivity index (χ4v) is 2.05. The molecule has 7 heteroatoms. The van der Waals surface area contributed by atoms with Crippen LogP contribution in [-0.4, -0.2) is 43.9 Å². The topological polar surface area (TPSA) is 61.4 Å². The monoisotopic (exact) mass is 347 g/mol. The largest absolute Gasteiger partial charge is 0.351 e. The van der Waals surface area contributed by atoms with Crippen LogP contribution in [0.3, 0.4) is 0 Å². The molecule has 0 fully saturated rings. The Balaban J connectivity index is 1.97. The number of amides is 2. The summed E-state index contributed by atoms with van der Waals surface area (Å²) in [6.07, 6.45) is 0. The third kappa shape index (κ3) is 5.36. The predicted molar refractivity (Wildman–Crippen MR) is 91.6 cm³/mol. The number of carbonyl (C=O) groups is 2. The van der Waals surface area contributed by atoms with Crippen molar-refractivity contribution < 1.29 is 18.4 Å². The first kappa shape index (κ1) is 18.5. The molecule has 2 amide bonds. The summed E-state index contributed by atoms with van der Waals surface area (Å²) in [5.41, 5.74) is 0.882. The first-order valence-corrected chi connectivity index (χ1v) is 7.66. The molecule has 5 nitrogen and oxygen atoms in total. The van der Waals surface area contributed by atoms with Crippen LogP contribution in [0.1, 0.15) is 20.7 Å². The Kier molecular flexibility index (Phi) is 6.19. The van der Waals surface area contributed by atoms with Gasteiger partial charge in [0.2, 0.25) is 0 Å². The number of hydrogen-bond acceptors (Lipinski definition) is 3. The van der Waals surface area contributed by atoms with Gasteiger partial charge in [-0.05, 0) is 50.5 Å². The van der Waals surface area contributed by atoms with Crippen LogP contribution < -0.4 is 10.6 Å². The average molecular weight is 347 g/mol. The lowest BCUT2D eigenvalue weighted by Gasteiger charge is -2.10. The first-order valence-electron chi connectivity index (χ1n) is 7.66. The summed E-state index contributed by atoms with van der Waals surface area (Å²) in [5.74, 6) is -2.73. The molecule has 0 aromatic heterocycles. The zero-order valence-corrected chi connectivity index (χ0v) is 14.0. The zero-order valence-electron chi connectivity index (χ0n) is 14.0.